The van der Waals surface area contributed by atoms with Gasteiger partial charge in [-0.15, -0.1) is 0 Å². The maximum absolute atomic E-state index is 13.4. The van der Waals surface area contributed by atoms with Crippen LogP contribution in [0.2, 0.25) is 5.02 Å². The summed E-state index contributed by atoms with van der Waals surface area (Å²) >= 11 is 5.93. The number of sulfonamides is 1. The number of fused-ring (bicyclic) bond motifs is 1. The van der Waals surface area contributed by atoms with Crippen LogP contribution in [0.1, 0.15) is 17.4 Å². The van der Waals surface area contributed by atoms with Crippen LogP contribution in [0.25, 0.3) is 11.1 Å². The lowest BCUT2D eigenvalue weighted by atomic mass is 10.00. The molecule has 0 radical (unpaired) electrons. The lowest BCUT2D eigenvalue weighted by Gasteiger charge is -2.35. The van der Waals surface area contributed by atoms with Gasteiger partial charge in [0, 0.05) is 17.1 Å². The molecule has 0 unspecified atom stereocenters. The number of carbonyl (C=O) groups excluding carboxylic acids is 1. The van der Waals surface area contributed by atoms with Crippen molar-refractivity contribution in [3.63, 3.8) is 0 Å². The fourth-order valence-electron chi connectivity index (χ4n) is 3.60. The fourth-order valence-corrected chi connectivity index (χ4v) is 5.22. The van der Waals surface area contributed by atoms with Crippen LogP contribution in [0, 0.1) is 0 Å². The SMILES string of the molecule is O=C(NO)O[C@@H]1c2ccccc2CCN1S(=O)(=O)c1ccc(-c2ccc(Cl)cc2)cc1. The molecule has 0 saturated carbocycles. The smallest absolute Gasteiger partial charge is 0.423 e. The van der Waals surface area contributed by atoms with E-state index in [1.54, 1.807) is 36.4 Å². The number of hydrogen-bond donors (Lipinski definition) is 2. The summed E-state index contributed by atoms with van der Waals surface area (Å²) in [6.45, 7) is 0.127. The number of hydrogen-bond acceptors (Lipinski definition) is 5. The maximum Gasteiger partial charge on any atom is 0.432 e. The van der Waals surface area contributed by atoms with E-state index in [-0.39, 0.29) is 11.4 Å². The van der Waals surface area contributed by atoms with Gasteiger partial charge in [-0.2, -0.15) is 4.31 Å². The summed E-state index contributed by atoms with van der Waals surface area (Å²) in [5.74, 6) is 0. The van der Waals surface area contributed by atoms with Crippen molar-refractivity contribution >= 4 is 27.7 Å². The second kappa shape index (κ2) is 8.68. The van der Waals surface area contributed by atoms with Crippen molar-refractivity contribution in [1.82, 2.24) is 9.79 Å². The molecule has 1 heterocycles. The van der Waals surface area contributed by atoms with E-state index < -0.39 is 22.3 Å². The fraction of sp³-hybridized carbons (Fsp3) is 0.136. The molecular formula is C22H19ClN2O5S. The summed E-state index contributed by atoms with van der Waals surface area (Å²) in [5, 5.41) is 9.49. The predicted octanol–water partition coefficient (Wildman–Crippen LogP) is 4.37. The molecule has 0 saturated heterocycles. The van der Waals surface area contributed by atoms with Gasteiger partial charge in [0.05, 0.1) is 4.90 Å². The normalized spacial score (nSPS) is 16.4. The zero-order valence-corrected chi connectivity index (χ0v) is 17.8. The van der Waals surface area contributed by atoms with Crippen LogP contribution in [0.5, 0.6) is 0 Å². The highest BCUT2D eigenvalue weighted by Gasteiger charge is 2.38. The molecule has 160 valence electrons. The van der Waals surface area contributed by atoms with E-state index in [2.05, 4.69) is 0 Å². The second-order valence-electron chi connectivity index (χ2n) is 6.97. The molecular weight excluding hydrogens is 440 g/mol. The van der Waals surface area contributed by atoms with Crippen LogP contribution in [-0.4, -0.2) is 30.6 Å². The zero-order valence-electron chi connectivity index (χ0n) is 16.2. The molecule has 4 rings (SSSR count). The molecule has 0 bridgehead atoms. The standard InChI is InChI=1S/C22H19ClN2O5S/c23-18-9-5-15(6-10-18)16-7-11-19(12-8-16)31(28,29)25-14-13-17-3-1-2-4-20(17)21(25)30-22(26)24-27/h1-12,21,27H,13-14H2,(H,24,26)/t21-/m1/s1. The molecule has 3 aromatic rings. The Hall–Kier alpha value is -2.91. The van der Waals surface area contributed by atoms with Gasteiger partial charge in [-0.05, 0) is 47.4 Å². The summed E-state index contributed by atoms with van der Waals surface area (Å²) in [7, 11) is -3.99. The number of nitrogens with one attached hydrogen (secondary N) is 1. The monoisotopic (exact) mass is 458 g/mol. The average Bonchev–Trinajstić information content (AvgIpc) is 2.79. The molecule has 7 nitrogen and oxygen atoms in total. The Kier molecular flexibility index (Phi) is 5.97. The summed E-state index contributed by atoms with van der Waals surface area (Å²) in [6, 6.07) is 20.8. The molecule has 2 N–H and O–H groups in total. The summed E-state index contributed by atoms with van der Waals surface area (Å²) in [4.78, 5) is 11.8. The van der Waals surface area contributed by atoms with Gasteiger partial charge in [0.15, 0.2) is 6.23 Å². The molecule has 0 spiro atoms. The minimum atomic E-state index is -3.99. The largest absolute Gasteiger partial charge is 0.432 e. The number of benzene rings is 3. The van der Waals surface area contributed by atoms with Gasteiger partial charge in [-0.25, -0.2) is 18.7 Å². The lowest BCUT2D eigenvalue weighted by molar-refractivity contribution is 0.00236. The van der Waals surface area contributed by atoms with Crippen LogP contribution in [-0.2, 0) is 21.2 Å². The number of hydroxylamine groups is 1. The van der Waals surface area contributed by atoms with Crippen molar-refractivity contribution in [3.8, 4) is 11.1 Å². The van der Waals surface area contributed by atoms with Gasteiger partial charge in [-0.1, -0.05) is 60.1 Å². The highest BCUT2D eigenvalue weighted by Crippen LogP contribution is 2.35. The molecule has 9 heteroatoms. The first kappa shape index (κ1) is 21.3. The van der Waals surface area contributed by atoms with Gasteiger partial charge >= 0.3 is 6.09 Å². The minimum Gasteiger partial charge on any atom is -0.423 e. The van der Waals surface area contributed by atoms with Gasteiger partial charge in [-0.3, -0.25) is 5.21 Å². The topological polar surface area (TPSA) is 95.9 Å². The maximum atomic E-state index is 13.4. The second-order valence-corrected chi connectivity index (χ2v) is 9.29. The Bertz CT molecular complexity index is 1200. The van der Waals surface area contributed by atoms with Crippen LogP contribution >= 0.6 is 11.6 Å². The van der Waals surface area contributed by atoms with Crippen LogP contribution in [0.4, 0.5) is 4.79 Å². The number of halogens is 1. The van der Waals surface area contributed by atoms with E-state index in [1.807, 2.05) is 24.3 Å². The van der Waals surface area contributed by atoms with Crippen LogP contribution in [0.3, 0.4) is 0 Å². The van der Waals surface area contributed by atoms with Crippen molar-refractivity contribution < 1.29 is 23.2 Å². The highest BCUT2D eigenvalue weighted by molar-refractivity contribution is 7.89. The third-order valence-corrected chi connectivity index (χ3v) is 7.24. The number of nitrogens with zero attached hydrogens (tertiary/aromatic N) is 1. The Morgan fingerprint density at radius 2 is 1.61 bits per heavy atom. The predicted molar refractivity (Wildman–Crippen MR) is 115 cm³/mol. The Labute approximate surface area is 184 Å². The number of rotatable bonds is 4. The Morgan fingerprint density at radius 3 is 2.26 bits per heavy atom. The van der Waals surface area contributed by atoms with Crippen molar-refractivity contribution in [1.29, 1.82) is 0 Å². The summed E-state index contributed by atoms with van der Waals surface area (Å²) in [5.41, 5.74) is 4.57. The Balaban J connectivity index is 1.68. The minimum absolute atomic E-state index is 0.0719. The molecule has 0 fully saturated rings. The van der Waals surface area contributed by atoms with Crippen LogP contribution < -0.4 is 5.48 Å². The van der Waals surface area contributed by atoms with Gasteiger partial charge in [0.25, 0.3) is 0 Å². The molecule has 0 aliphatic carbocycles. The van der Waals surface area contributed by atoms with Gasteiger partial charge in [0.1, 0.15) is 0 Å². The van der Waals surface area contributed by atoms with Gasteiger partial charge < -0.3 is 4.74 Å². The number of amides is 1. The lowest BCUT2D eigenvalue weighted by Crippen LogP contribution is -2.43. The molecule has 0 aromatic heterocycles. The molecule has 1 aliphatic heterocycles. The van der Waals surface area contributed by atoms with Crippen molar-refractivity contribution in [2.75, 3.05) is 6.54 Å². The van der Waals surface area contributed by atoms with E-state index in [1.165, 1.54) is 17.6 Å². The zero-order chi connectivity index (χ0) is 22.0. The third kappa shape index (κ3) is 4.28. The first-order valence-corrected chi connectivity index (χ1v) is 11.3. The first-order chi connectivity index (χ1) is 14.9. The van der Waals surface area contributed by atoms with Crippen LogP contribution in [0.15, 0.2) is 77.7 Å². The molecule has 1 aliphatic rings. The van der Waals surface area contributed by atoms with Crippen molar-refractivity contribution in [2.45, 2.75) is 17.5 Å². The van der Waals surface area contributed by atoms with E-state index >= 15 is 0 Å². The summed E-state index contributed by atoms with van der Waals surface area (Å²) < 4.78 is 33.2. The molecule has 1 atom stereocenters. The number of ether oxygens (including phenoxy) is 1. The van der Waals surface area contributed by atoms with E-state index in [0.29, 0.717) is 17.0 Å². The summed E-state index contributed by atoms with van der Waals surface area (Å²) in [6.07, 6.45) is -1.86. The average molecular weight is 459 g/mol. The molecule has 3 aromatic carbocycles. The molecule has 1 amide bonds. The Morgan fingerprint density at radius 1 is 1.00 bits per heavy atom. The third-order valence-electron chi connectivity index (χ3n) is 5.13. The number of carbonyl (C=O) groups is 1. The first-order valence-electron chi connectivity index (χ1n) is 9.46. The highest BCUT2D eigenvalue weighted by atomic mass is 35.5. The van der Waals surface area contributed by atoms with Gasteiger partial charge in [0.2, 0.25) is 10.0 Å². The van der Waals surface area contributed by atoms with E-state index in [0.717, 1.165) is 21.0 Å². The molecule has 31 heavy (non-hydrogen) atoms. The van der Waals surface area contributed by atoms with Crippen molar-refractivity contribution in [2.24, 2.45) is 0 Å². The van der Waals surface area contributed by atoms with E-state index in [9.17, 15) is 13.2 Å². The van der Waals surface area contributed by atoms with E-state index in [4.69, 9.17) is 21.5 Å². The quantitative estimate of drug-likeness (QED) is 0.447. The van der Waals surface area contributed by atoms with Crippen molar-refractivity contribution in [3.05, 3.63) is 88.9 Å².